The third-order valence-electron chi connectivity index (χ3n) is 4.99. The van der Waals surface area contributed by atoms with Crippen LogP contribution < -0.4 is 0 Å². The van der Waals surface area contributed by atoms with Crippen molar-refractivity contribution in [3.8, 4) is 0 Å². The molecular formula is C26H30Cl2Zr. The molecule has 3 heteroatoms. The van der Waals surface area contributed by atoms with Gasteiger partial charge in [-0.05, 0) is 12.8 Å². The molecule has 4 aromatic carbocycles. The number of fused-ring (bicyclic) bond motifs is 2. The molecule has 0 spiro atoms. The van der Waals surface area contributed by atoms with Gasteiger partial charge in [-0.3, -0.25) is 0 Å². The van der Waals surface area contributed by atoms with Gasteiger partial charge in [0.05, 0.1) is 0 Å². The molecule has 0 saturated carbocycles. The monoisotopic (exact) mass is 502 g/mol. The first kappa shape index (κ1) is 24.4. The Morgan fingerprint density at radius 2 is 1.07 bits per heavy atom. The van der Waals surface area contributed by atoms with E-state index in [-0.39, 0.29) is 0 Å². The second-order valence-electron chi connectivity index (χ2n) is 7.26. The fraction of sp³-hybridized carbons (Fsp3) is 0.308. The average molecular weight is 505 g/mol. The number of unbranched alkanes of at least 4 members (excludes halogenated alkanes) is 2. The molecule has 0 fully saturated rings. The molecule has 0 aliphatic carbocycles. The number of aryl methyl sites for hydroxylation is 2. The summed E-state index contributed by atoms with van der Waals surface area (Å²) in [7, 11) is 9.87. The van der Waals surface area contributed by atoms with E-state index in [0.29, 0.717) is 0 Å². The summed E-state index contributed by atoms with van der Waals surface area (Å²) in [5.41, 5.74) is 2.98. The van der Waals surface area contributed by atoms with Crippen molar-refractivity contribution in [2.24, 2.45) is 0 Å². The van der Waals surface area contributed by atoms with E-state index in [1.54, 1.807) is 0 Å². The molecule has 29 heavy (non-hydrogen) atoms. The fourth-order valence-electron chi connectivity index (χ4n) is 3.48. The van der Waals surface area contributed by atoms with Crippen molar-refractivity contribution in [1.29, 1.82) is 0 Å². The maximum absolute atomic E-state index is 4.93. The summed E-state index contributed by atoms with van der Waals surface area (Å²) in [5, 5.41) is 5.53. The molecule has 0 radical (unpaired) electrons. The van der Waals surface area contributed by atoms with Crippen LogP contribution in [0.1, 0.15) is 50.7 Å². The zero-order valence-corrected chi connectivity index (χ0v) is 21.4. The molecule has 4 rings (SSSR count). The topological polar surface area (TPSA) is 0 Å². The van der Waals surface area contributed by atoms with E-state index in [1.165, 1.54) is 71.2 Å². The fourth-order valence-corrected chi connectivity index (χ4v) is 3.48. The Labute approximate surface area is 194 Å². The van der Waals surface area contributed by atoms with Gasteiger partial charge in [-0.1, -0.05) is 51.7 Å². The second-order valence-corrected chi connectivity index (χ2v) is 11.0. The summed E-state index contributed by atoms with van der Waals surface area (Å²) in [6, 6.07) is 26.4. The van der Waals surface area contributed by atoms with Gasteiger partial charge in [0, 0.05) is 0 Å². The standard InChI is InChI=1S/2C13H15.2ClH.Zr/c2*1-2-3-6-11-9-12-7-4-5-8-13(12)10-11;;;/h2*4-5,7-10H,2-3,6H2,1H3;2*1H;/q2*-1;;;+4/p-2. The normalized spacial score (nSPS) is 10.1. The zero-order valence-electron chi connectivity index (χ0n) is 17.4. The SMILES string of the molecule is CCCCc1cc2ccccc2[cH-]1.CCCCc1cc2ccccc2[cH-]1.[Cl][Zr+2][Cl]. The van der Waals surface area contributed by atoms with Crippen molar-refractivity contribution in [1.82, 2.24) is 0 Å². The van der Waals surface area contributed by atoms with Crippen LogP contribution in [0.2, 0.25) is 0 Å². The van der Waals surface area contributed by atoms with Gasteiger partial charge < -0.3 is 0 Å². The van der Waals surface area contributed by atoms with Gasteiger partial charge in [0.1, 0.15) is 0 Å². The Hall–Kier alpha value is -0.877. The Balaban J connectivity index is 0.000000183. The first-order valence-electron chi connectivity index (χ1n) is 10.5. The molecule has 0 nitrogen and oxygen atoms in total. The Morgan fingerprint density at radius 1 is 0.690 bits per heavy atom. The molecule has 0 heterocycles. The second kappa shape index (κ2) is 14.2. The van der Waals surface area contributed by atoms with Crippen molar-refractivity contribution in [2.45, 2.75) is 52.4 Å². The minimum absolute atomic E-state index is 0.826. The van der Waals surface area contributed by atoms with E-state index in [4.69, 9.17) is 17.0 Å². The maximum atomic E-state index is 4.93. The Bertz CT molecular complexity index is 807. The number of hydrogen-bond donors (Lipinski definition) is 0. The van der Waals surface area contributed by atoms with Crippen LogP contribution in [0.4, 0.5) is 0 Å². The molecule has 0 amide bonds. The Morgan fingerprint density at radius 3 is 1.41 bits per heavy atom. The predicted molar refractivity (Wildman–Crippen MR) is 128 cm³/mol. The van der Waals surface area contributed by atoms with E-state index in [1.807, 2.05) is 0 Å². The molecule has 0 aromatic heterocycles. The number of rotatable bonds is 6. The average Bonchev–Trinajstić information content (AvgIpc) is 3.35. The summed E-state index contributed by atoms with van der Waals surface area (Å²) in [4.78, 5) is 0. The van der Waals surface area contributed by atoms with Crippen molar-refractivity contribution in [2.75, 3.05) is 0 Å². The summed E-state index contributed by atoms with van der Waals surface area (Å²) in [6.45, 7) is 4.48. The summed E-state index contributed by atoms with van der Waals surface area (Å²) in [5.74, 6) is 0. The van der Waals surface area contributed by atoms with Crippen LogP contribution in [0.25, 0.3) is 21.5 Å². The molecule has 4 aromatic rings. The molecule has 152 valence electrons. The van der Waals surface area contributed by atoms with Gasteiger partial charge in [0.15, 0.2) is 0 Å². The van der Waals surface area contributed by atoms with Crippen LogP contribution in [0.15, 0.2) is 72.8 Å². The zero-order chi connectivity index (χ0) is 20.9. The number of halogens is 2. The van der Waals surface area contributed by atoms with Crippen molar-refractivity contribution in [3.05, 3.63) is 83.9 Å². The molecule has 0 bridgehead atoms. The van der Waals surface area contributed by atoms with Crippen molar-refractivity contribution >= 4 is 38.6 Å². The van der Waals surface area contributed by atoms with Gasteiger partial charge in [0.2, 0.25) is 0 Å². The van der Waals surface area contributed by atoms with Crippen molar-refractivity contribution < 1.29 is 20.8 Å². The van der Waals surface area contributed by atoms with Gasteiger partial charge in [-0.2, -0.15) is 12.1 Å². The van der Waals surface area contributed by atoms with E-state index >= 15 is 0 Å². The van der Waals surface area contributed by atoms with Crippen LogP contribution in [-0.2, 0) is 33.7 Å². The third kappa shape index (κ3) is 8.41. The molecule has 0 N–H and O–H groups in total. The minimum atomic E-state index is -0.826. The van der Waals surface area contributed by atoms with Crippen molar-refractivity contribution in [3.63, 3.8) is 0 Å². The number of benzene rings is 2. The van der Waals surface area contributed by atoms with Gasteiger partial charge in [-0.25, -0.2) is 0 Å². The predicted octanol–water partition coefficient (Wildman–Crippen LogP) is 9.18. The molecule has 0 unspecified atom stereocenters. The summed E-state index contributed by atoms with van der Waals surface area (Å²) in [6.07, 6.45) is 7.62. The molecular weight excluding hydrogens is 474 g/mol. The van der Waals surface area contributed by atoms with Crippen LogP contribution in [0.3, 0.4) is 0 Å². The van der Waals surface area contributed by atoms with Crippen LogP contribution >= 0.6 is 17.0 Å². The van der Waals surface area contributed by atoms with Crippen LogP contribution in [0, 0.1) is 0 Å². The van der Waals surface area contributed by atoms with Gasteiger partial charge in [-0.15, -0.1) is 81.2 Å². The molecule has 0 saturated heterocycles. The first-order valence-corrected chi connectivity index (χ1v) is 16.8. The first-order chi connectivity index (χ1) is 14.2. The van der Waals surface area contributed by atoms with Gasteiger partial charge in [0.25, 0.3) is 0 Å². The van der Waals surface area contributed by atoms with Gasteiger partial charge >= 0.3 is 37.9 Å². The van der Waals surface area contributed by atoms with E-state index in [0.717, 1.165) is 0 Å². The third-order valence-corrected chi connectivity index (χ3v) is 4.99. The molecule has 0 aliphatic rings. The Kier molecular flexibility index (Phi) is 11.9. The summed E-state index contributed by atoms with van der Waals surface area (Å²) >= 11 is -0.826. The van der Waals surface area contributed by atoms with E-state index in [9.17, 15) is 0 Å². The molecule has 0 aliphatic heterocycles. The van der Waals surface area contributed by atoms with Crippen LogP contribution in [-0.4, -0.2) is 0 Å². The quantitative estimate of drug-likeness (QED) is 0.230. The summed E-state index contributed by atoms with van der Waals surface area (Å²) < 4.78 is 0. The van der Waals surface area contributed by atoms with Crippen LogP contribution in [0.5, 0.6) is 0 Å². The van der Waals surface area contributed by atoms with E-state index in [2.05, 4.69) is 86.6 Å². The number of hydrogen-bond acceptors (Lipinski definition) is 0. The molecule has 0 atom stereocenters. The van der Waals surface area contributed by atoms with E-state index < -0.39 is 20.8 Å².